The van der Waals surface area contributed by atoms with E-state index in [1.54, 1.807) is 0 Å². The van der Waals surface area contributed by atoms with Crippen LogP contribution in [0.4, 0.5) is 0 Å². The molecule has 0 aliphatic carbocycles. The molecule has 0 aromatic heterocycles. The number of rotatable bonds is 1. The highest BCUT2D eigenvalue weighted by Crippen LogP contribution is 1.43. The molecule has 20 N–H and O–H groups in total. The van der Waals surface area contributed by atoms with Gasteiger partial charge in [-0.25, -0.2) is 0 Å². The summed E-state index contributed by atoms with van der Waals surface area (Å²) in [5.74, 6) is -3.33. The molecular formula is C10H36N6O8. The van der Waals surface area contributed by atoms with E-state index in [4.69, 9.17) is 51.1 Å². The molecule has 14 heteroatoms. The Morgan fingerprint density at radius 1 is 0.542 bits per heavy atom. The zero-order valence-electron chi connectivity index (χ0n) is 14.8. The third kappa shape index (κ3) is 3690. The molecule has 0 fully saturated rings. The highest BCUT2D eigenvalue weighted by Gasteiger charge is 1.66. The minimum Gasteiger partial charge on any atom is -0.481 e. The van der Waals surface area contributed by atoms with Crippen LogP contribution in [-0.2, 0) is 19.2 Å². The summed E-state index contributed by atoms with van der Waals surface area (Å²) in [6.45, 7) is 5.53. The number of hydrogen-bond acceptors (Lipinski definition) is 10. The molecule has 0 aliphatic heterocycles. The first kappa shape index (κ1) is 57.7. The number of carboxylic acids is 4. The second-order valence-electron chi connectivity index (χ2n) is 2.65. The SMILES string of the molecule is CC(=O)O.CC(=O)O.CC(=O)O.CC(=O)O.N.N.N.N.NCCN. The Labute approximate surface area is 141 Å². The largest absolute Gasteiger partial charge is 0.481 e. The van der Waals surface area contributed by atoms with Crippen LogP contribution < -0.4 is 36.1 Å². The third-order valence-electron chi connectivity index (χ3n) is 0.167. The molecule has 0 bridgehead atoms. The Balaban J connectivity index is -0.0000000161. The van der Waals surface area contributed by atoms with Crippen LogP contribution in [0.25, 0.3) is 0 Å². The molecule has 24 heavy (non-hydrogen) atoms. The summed E-state index contributed by atoms with van der Waals surface area (Å²) in [4.78, 5) is 36.0. The number of carbonyl (C=O) groups is 4. The Bertz CT molecular complexity index is 200. The van der Waals surface area contributed by atoms with Gasteiger partial charge in [0.2, 0.25) is 0 Å². The first-order valence-corrected chi connectivity index (χ1v) is 5.03. The molecule has 0 heterocycles. The van der Waals surface area contributed by atoms with Crippen LogP contribution in [0.5, 0.6) is 0 Å². The van der Waals surface area contributed by atoms with Crippen LogP contribution in [0.3, 0.4) is 0 Å². The monoisotopic (exact) mass is 368 g/mol. The fraction of sp³-hybridized carbons (Fsp3) is 0.600. The van der Waals surface area contributed by atoms with Gasteiger partial charge in [-0.1, -0.05) is 0 Å². The van der Waals surface area contributed by atoms with Gasteiger partial charge in [0, 0.05) is 40.8 Å². The Morgan fingerprint density at radius 2 is 0.583 bits per heavy atom. The van der Waals surface area contributed by atoms with Crippen LogP contribution in [0.1, 0.15) is 27.7 Å². The van der Waals surface area contributed by atoms with Crippen molar-refractivity contribution in [3.8, 4) is 0 Å². The molecule has 0 radical (unpaired) electrons. The number of hydrogen-bond donors (Lipinski definition) is 10. The summed E-state index contributed by atoms with van der Waals surface area (Å²) in [5.41, 5.74) is 9.81. The van der Waals surface area contributed by atoms with Gasteiger partial charge >= 0.3 is 0 Å². The van der Waals surface area contributed by atoms with E-state index in [0.29, 0.717) is 13.1 Å². The molecule has 14 nitrogen and oxygen atoms in total. The lowest BCUT2D eigenvalue weighted by Crippen LogP contribution is -2.11. The average Bonchev–Trinajstić information content (AvgIpc) is 2.13. The summed E-state index contributed by atoms with van der Waals surface area (Å²) in [7, 11) is 0. The first-order valence-electron chi connectivity index (χ1n) is 5.03. The molecule has 0 saturated carbocycles. The standard InChI is InChI=1S/C2H8N2.4C2H4O2.4H3N/c3-1-2-4;4*1-2(3)4;;;;/h1-4H2;4*1H3,(H,3,4);4*1H3. The zero-order valence-corrected chi connectivity index (χ0v) is 14.8. The molecule has 0 aromatic carbocycles. The van der Waals surface area contributed by atoms with Crippen LogP contribution >= 0.6 is 0 Å². The van der Waals surface area contributed by atoms with Crippen LogP contribution in [0.2, 0.25) is 0 Å². The maximum absolute atomic E-state index is 9.00. The van der Waals surface area contributed by atoms with Crippen LogP contribution in [-0.4, -0.2) is 57.4 Å². The second kappa shape index (κ2) is 58.8. The molecule has 0 atom stereocenters. The molecule has 0 aromatic rings. The number of aliphatic carboxylic acids is 4. The highest BCUT2D eigenvalue weighted by molar-refractivity contribution is 5.63. The topological polar surface area (TPSA) is 341 Å². The molecule has 154 valence electrons. The van der Waals surface area contributed by atoms with E-state index in [0.717, 1.165) is 27.7 Å². The molecular weight excluding hydrogens is 332 g/mol. The average molecular weight is 368 g/mol. The quantitative estimate of drug-likeness (QED) is 0.289. The summed E-state index contributed by atoms with van der Waals surface area (Å²) < 4.78 is 0. The normalized spacial score (nSPS) is 5.42. The van der Waals surface area contributed by atoms with E-state index in [-0.39, 0.29) is 24.6 Å². The van der Waals surface area contributed by atoms with Crippen molar-refractivity contribution < 1.29 is 39.6 Å². The van der Waals surface area contributed by atoms with E-state index in [1.165, 1.54) is 0 Å². The molecule has 0 saturated heterocycles. The van der Waals surface area contributed by atoms with Gasteiger partial charge in [0.1, 0.15) is 0 Å². The zero-order chi connectivity index (χ0) is 17.7. The summed E-state index contributed by atoms with van der Waals surface area (Å²) in [6, 6.07) is 0. The van der Waals surface area contributed by atoms with Crippen molar-refractivity contribution in [1.82, 2.24) is 24.6 Å². The lowest BCUT2D eigenvalue weighted by Gasteiger charge is -1.72. The lowest BCUT2D eigenvalue weighted by atomic mass is 10.7. The molecule has 0 aliphatic rings. The van der Waals surface area contributed by atoms with Crippen molar-refractivity contribution in [2.45, 2.75) is 27.7 Å². The van der Waals surface area contributed by atoms with Crippen LogP contribution in [0, 0.1) is 0 Å². The Kier molecular flexibility index (Phi) is 141. The predicted octanol–water partition coefficient (Wildman–Crippen LogP) is -0.0846. The van der Waals surface area contributed by atoms with Crippen molar-refractivity contribution >= 4 is 23.9 Å². The lowest BCUT2D eigenvalue weighted by molar-refractivity contribution is -0.135. The fourth-order valence-corrected chi connectivity index (χ4v) is 0. The summed E-state index contributed by atoms with van der Waals surface area (Å²) >= 11 is 0. The Morgan fingerprint density at radius 3 is 0.583 bits per heavy atom. The fourth-order valence-electron chi connectivity index (χ4n) is 0. The highest BCUT2D eigenvalue weighted by atomic mass is 16.4. The molecule has 0 unspecified atom stereocenters. The molecule has 0 amide bonds. The second-order valence-corrected chi connectivity index (χ2v) is 2.65. The van der Waals surface area contributed by atoms with Gasteiger partial charge in [-0.2, -0.15) is 0 Å². The number of carboxylic acid groups (broad SMARTS) is 4. The van der Waals surface area contributed by atoms with Crippen molar-refractivity contribution in [3.63, 3.8) is 0 Å². The summed E-state index contributed by atoms with van der Waals surface area (Å²) in [5, 5.41) is 29.7. The molecule has 0 rings (SSSR count). The minimum atomic E-state index is -0.833. The van der Waals surface area contributed by atoms with Gasteiger partial charge < -0.3 is 56.5 Å². The van der Waals surface area contributed by atoms with Gasteiger partial charge in [-0.3, -0.25) is 19.2 Å². The van der Waals surface area contributed by atoms with Crippen molar-refractivity contribution in [2.75, 3.05) is 13.1 Å². The van der Waals surface area contributed by atoms with Gasteiger partial charge in [0.25, 0.3) is 23.9 Å². The van der Waals surface area contributed by atoms with E-state index in [2.05, 4.69) is 0 Å². The van der Waals surface area contributed by atoms with E-state index in [9.17, 15) is 0 Å². The smallest absolute Gasteiger partial charge is 0.300 e. The maximum atomic E-state index is 9.00. The van der Waals surface area contributed by atoms with Gasteiger partial charge in [-0.05, 0) is 0 Å². The Hall–Kier alpha value is -2.36. The summed E-state index contributed by atoms with van der Waals surface area (Å²) in [6.07, 6.45) is 0. The van der Waals surface area contributed by atoms with Crippen LogP contribution in [0.15, 0.2) is 0 Å². The minimum absolute atomic E-state index is 0. The van der Waals surface area contributed by atoms with Crippen molar-refractivity contribution in [2.24, 2.45) is 11.5 Å². The van der Waals surface area contributed by atoms with Crippen molar-refractivity contribution in [1.29, 1.82) is 0 Å². The van der Waals surface area contributed by atoms with E-state index in [1.807, 2.05) is 0 Å². The molecule has 0 spiro atoms. The van der Waals surface area contributed by atoms with E-state index < -0.39 is 23.9 Å². The predicted molar refractivity (Wildman–Crippen MR) is 91.4 cm³/mol. The number of nitrogens with two attached hydrogens (primary N) is 2. The first-order chi connectivity index (χ1) is 8.84. The van der Waals surface area contributed by atoms with Gasteiger partial charge in [-0.15, -0.1) is 0 Å². The van der Waals surface area contributed by atoms with Crippen molar-refractivity contribution in [3.05, 3.63) is 0 Å². The van der Waals surface area contributed by atoms with Gasteiger partial charge in [0.15, 0.2) is 0 Å². The maximum Gasteiger partial charge on any atom is 0.300 e. The van der Waals surface area contributed by atoms with Gasteiger partial charge in [0.05, 0.1) is 0 Å². The third-order valence-corrected chi connectivity index (χ3v) is 0.167. The van der Waals surface area contributed by atoms with E-state index >= 15 is 0 Å².